The normalized spacial score (nSPS) is 14.4. The van der Waals surface area contributed by atoms with Crippen molar-refractivity contribution in [3.63, 3.8) is 0 Å². The SMILES string of the molecule is C=C(C)/C=C(\C=C(C)C)c1[nH]c2ccc(C3CCN(C(=O)CN(C)CC#N)CC3)cc2c1C(C)C.CC. The molecule has 1 aliphatic heterocycles. The van der Waals surface area contributed by atoms with Crippen LogP contribution in [0.3, 0.4) is 0 Å². The number of amides is 1. The smallest absolute Gasteiger partial charge is 0.236 e. The highest BCUT2D eigenvalue weighted by atomic mass is 16.2. The van der Waals surface area contributed by atoms with Crippen LogP contribution in [0.25, 0.3) is 16.5 Å². The molecule has 200 valence electrons. The third-order valence-corrected chi connectivity index (χ3v) is 6.64. The molecule has 1 aromatic carbocycles. The molecule has 5 nitrogen and oxygen atoms in total. The summed E-state index contributed by atoms with van der Waals surface area (Å²) in [7, 11) is 1.81. The number of allylic oxidation sites excluding steroid dienone is 5. The average Bonchev–Trinajstić information content (AvgIpc) is 3.23. The number of aromatic amines is 1. The van der Waals surface area contributed by atoms with Gasteiger partial charge in [0.2, 0.25) is 5.91 Å². The summed E-state index contributed by atoms with van der Waals surface area (Å²) in [4.78, 5) is 20.0. The Bertz CT molecular complexity index is 1180. The average molecular weight is 503 g/mol. The van der Waals surface area contributed by atoms with Gasteiger partial charge in [-0.3, -0.25) is 9.69 Å². The number of likely N-dealkylation sites (tertiary alicyclic amines) is 1. The Morgan fingerprint density at radius 3 is 2.41 bits per heavy atom. The zero-order chi connectivity index (χ0) is 27.7. The minimum absolute atomic E-state index is 0.116. The first-order valence-corrected chi connectivity index (χ1v) is 13.6. The number of hydrogen-bond donors (Lipinski definition) is 1. The van der Waals surface area contributed by atoms with Gasteiger partial charge < -0.3 is 9.88 Å². The molecule has 3 rings (SSSR count). The molecule has 0 saturated carbocycles. The van der Waals surface area contributed by atoms with E-state index in [-0.39, 0.29) is 12.5 Å². The van der Waals surface area contributed by atoms with Crippen molar-refractivity contribution >= 4 is 22.4 Å². The Morgan fingerprint density at radius 2 is 1.86 bits per heavy atom. The number of nitriles is 1. The van der Waals surface area contributed by atoms with Crippen LogP contribution in [-0.4, -0.2) is 53.9 Å². The van der Waals surface area contributed by atoms with Crippen molar-refractivity contribution in [1.29, 1.82) is 5.26 Å². The highest BCUT2D eigenvalue weighted by molar-refractivity contribution is 5.92. The largest absolute Gasteiger partial charge is 0.354 e. The number of nitrogens with one attached hydrogen (secondary N) is 1. The summed E-state index contributed by atoms with van der Waals surface area (Å²) < 4.78 is 0. The molecule has 1 N–H and O–H groups in total. The van der Waals surface area contributed by atoms with Gasteiger partial charge in [-0.25, -0.2) is 0 Å². The van der Waals surface area contributed by atoms with Crippen LogP contribution in [0.15, 0.2) is 48.1 Å². The molecule has 0 aliphatic carbocycles. The molecular formula is C32H46N4O. The lowest BCUT2D eigenvalue weighted by Crippen LogP contribution is -2.43. The second kappa shape index (κ2) is 14.0. The van der Waals surface area contributed by atoms with Gasteiger partial charge >= 0.3 is 0 Å². The van der Waals surface area contributed by atoms with E-state index < -0.39 is 0 Å². The number of nitrogens with zero attached hydrogens (tertiary/aromatic N) is 3. The lowest BCUT2D eigenvalue weighted by atomic mass is 9.87. The summed E-state index contributed by atoms with van der Waals surface area (Å²) in [5, 5.41) is 10.1. The Kier molecular flexibility index (Phi) is 11.4. The van der Waals surface area contributed by atoms with Gasteiger partial charge in [0.15, 0.2) is 0 Å². The van der Waals surface area contributed by atoms with E-state index in [1.807, 2.05) is 32.7 Å². The molecule has 0 atom stereocenters. The molecule has 2 heterocycles. The fourth-order valence-electron chi connectivity index (χ4n) is 5.04. The standard InChI is InChI=1S/C30H40N4O.C2H6/c1-20(2)16-25(17-21(3)4)30-29(22(5)6)26-18-24(8-9-27(26)32-30)23-10-13-34(14-11-23)28(35)19-33(7)15-12-31;1-2/h8-9,16-18,22-23,32H,1,10-11,13-15,19H2,2-7H3;1-2H3/b25-16+;. The van der Waals surface area contributed by atoms with E-state index in [0.29, 0.717) is 18.4 Å². The predicted octanol–water partition coefficient (Wildman–Crippen LogP) is 7.40. The summed E-state index contributed by atoms with van der Waals surface area (Å²) >= 11 is 0. The maximum atomic E-state index is 12.6. The first-order valence-electron chi connectivity index (χ1n) is 13.6. The van der Waals surface area contributed by atoms with Crippen LogP contribution in [0.2, 0.25) is 0 Å². The molecule has 2 aromatic rings. The zero-order valence-electron chi connectivity index (χ0n) is 24.2. The van der Waals surface area contributed by atoms with E-state index in [9.17, 15) is 4.79 Å². The molecule has 0 bridgehead atoms. The molecule has 37 heavy (non-hydrogen) atoms. The number of piperidine rings is 1. The van der Waals surface area contributed by atoms with Crippen LogP contribution in [0, 0.1) is 11.3 Å². The lowest BCUT2D eigenvalue weighted by molar-refractivity contribution is -0.133. The minimum atomic E-state index is 0.116. The van der Waals surface area contributed by atoms with Gasteiger partial charge in [0.25, 0.3) is 0 Å². The van der Waals surface area contributed by atoms with Gasteiger partial charge in [0.1, 0.15) is 0 Å². The number of hydrogen-bond acceptors (Lipinski definition) is 3. The first kappa shape index (κ1) is 30.1. The summed E-state index contributed by atoms with van der Waals surface area (Å²) in [5.74, 6) is 0.935. The van der Waals surface area contributed by atoms with E-state index in [2.05, 4.69) is 75.7 Å². The van der Waals surface area contributed by atoms with Crippen molar-refractivity contribution in [1.82, 2.24) is 14.8 Å². The maximum Gasteiger partial charge on any atom is 0.236 e. The molecule has 1 fully saturated rings. The molecule has 5 heteroatoms. The van der Waals surface area contributed by atoms with Gasteiger partial charge in [-0.05, 0) is 81.3 Å². The highest BCUT2D eigenvalue weighted by Gasteiger charge is 2.25. The molecular weight excluding hydrogens is 456 g/mol. The van der Waals surface area contributed by atoms with Gasteiger partial charge in [0.05, 0.1) is 19.2 Å². The second-order valence-corrected chi connectivity index (χ2v) is 10.5. The minimum Gasteiger partial charge on any atom is -0.354 e. The van der Waals surface area contributed by atoms with Crippen molar-refractivity contribution < 1.29 is 4.79 Å². The van der Waals surface area contributed by atoms with E-state index in [4.69, 9.17) is 5.26 Å². The molecule has 1 amide bonds. The van der Waals surface area contributed by atoms with Gasteiger partial charge in [-0.1, -0.05) is 63.6 Å². The van der Waals surface area contributed by atoms with Gasteiger partial charge in [0, 0.05) is 29.7 Å². The number of benzene rings is 1. The van der Waals surface area contributed by atoms with Crippen molar-refractivity contribution in [2.45, 2.75) is 73.1 Å². The predicted molar refractivity (Wildman–Crippen MR) is 158 cm³/mol. The zero-order valence-corrected chi connectivity index (χ0v) is 24.2. The molecule has 1 saturated heterocycles. The molecule has 0 unspecified atom stereocenters. The number of likely N-dealkylation sites (N-methyl/N-ethyl adjacent to an activating group) is 1. The molecule has 0 spiro atoms. The van der Waals surface area contributed by atoms with Crippen LogP contribution >= 0.6 is 0 Å². The fraction of sp³-hybridized carbons (Fsp3) is 0.500. The summed E-state index contributed by atoms with van der Waals surface area (Å²) in [6, 6.07) is 8.94. The first-order chi connectivity index (χ1) is 17.6. The van der Waals surface area contributed by atoms with E-state index >= 15 is 0 Å². The van der Waals surface area contributed by atoms with Crippen LogP contribution in [0.1, 0.15) is 90.0 Å². The number of carbonyl (C=O) groups is 1. The third-order valence-electron chi connectivity index (χ3n) is 6.64. The van der Waals surface area contributed by atoms with Crippen molar-refractivity contribution in [2.75, 3.05) is 33.2 Å². The van der Waals surface area contributed by atoms with Crippen molar-refractivity contribution in [2.24, 2.45) is 0 Å². The number of carbonyl (C=O) groups excluding carboxylic acids is 1. The fourth-order valence-corrected chi connectivity index (χ4v) is 5.04. The number of aromatic nitrogens is 1. The van der Waals surface area contributed by atoms with Crippen molar-refractivity contribution in [3.8, 4) is 6.07 Å². The third kappa shape index (κ3) is 7.94. The Morgan fingerprint density at radius 1 is 1.22 bits per heavy atom. The molecule has 0 radical (unpaired) electrons. The number of H-pyrrole nitrogens is 1. The Labute approximate surface area is 224 Å². The van der Waals surface area contributed by atoms with Gasteiger partial charge in [-0.15, -0.1) is 0 Å². The van der Waals surface area contributed by atoms with Crippen LogP contribution in [0.4, 0.5) is 0 Å². The van der Waals surface area contributed by atoms with Crippen LogP contribution in [-0.2, 0) is 4.79 Å². The summed E-state index contributed by atoms with van der Waals surface area (Å²) in [6.07, 6.45) is 6.32. The monoisotopic (exact) mass is 502 g/mol. The van der Waals surface area contributed by atoms with Gasteiger partial charge in [-0.2, -0.15) is 5.26 Å². The van der Waals surface area contributed by atoms with Crippen LogP contribution < -0.4 is 0 Å². The summed E-state index contributed by atoms with van der Waals surface area (Å²) in [6.45, 7) is 21.0. The summed E-state index contributed by atoms with van der Waals surface area (Å²) in [5.41, 5.74) is 8.50. The highest BCUT2D eigenvalue weighted by Crippen LogP contribution is 2.37. The van der Waals surface area contributed by atoms with Crippen molar-refractivity contribution in [3.05, 3.63) is 64.9 Å². The quantitative estimate of drug-likeness (QED) is 0.302. The van der Waals surface area contributed by atoms with E-state index in [0.717, 1.165) is 37.0 Å². The number of fused-ring (bicyclic) bond motifs is 1. The van der Waals surface area contributed by atoms with Crippen LogP contribution in [0.5, 0.6) is 0 Å². The topological polar surface area (TPSA) is 63.1 Å². The van der Waals surface area contributed by atoms with E-state index in [1.54, 1.807) is 4.90 Å². The number of rotatable bonds is 8. The molecule has 1 aliphatic rings. The Hall–Kier alpha value is -3.10. The van der Waals surface area contributed by atoms with E-state index in [1.165, 1.54) is 33.4 Å². The molecule has 1 aromatic heterocycles. The Balaban J connectivity index is 0.00000235. The maximum absolute atomic E-state index is 12.6. The lowest BCUT2D eigenvalue weighted by Gasteiger charge is -2.33. The second-order valence-electron chi connectivity index (χ2n) is 10.5.